The number of alkyl halides is 4. The molecule has 1 saturated heterocycles. The van der Waals surface area contributed by atoms with Crippen LogP contribution in [0.3, 0.4) is 0 Å². The van der Waals surface area contributed by atoms with E-state index in [-0.39, 0.29) is 6.17 Å². The second-order valence-corrected chi connectivity index (χ2v) is 10.7. The van der Waals surface area contributed by atoms with Crippen molar-refractivity contribution in [1.29, 1.82) is 0 Å². The van der Waals surface area contributed by atoms with Gasteiger partial charge in [-0.2, -0.15) is 5.10 Å². The molecular weight excluding hydrogens is 598 g/mol. The monoisotopic (exact) mass is 629 g/mol. The molecule has 5 heterocycles. The zero-order valence-corrected chi connectivity index (χ0v) is 24.3. The average Bonchev–Trinajstić information content (AvgIpc) is 3.66. The van der Waals surface area contributed by atoms with Gasteiger partial charge in [-0.3, -0.25) is 15.6 Å². The van der Waals surface area contributed by atoms with E-state index in [2.05, 4.69) is 30.8 Å². The Morgan fingerprint density at radius 2 is 1.73 bits per heavy atom. The molecule has 1 unspecified atom stereocenters. The molecule has 10 nitrogen and oxygen atoms in total. The molecule has 1 atom stereocenters. The molecule has 3 aromatic heterocycles. The summed E-state index contributed by atoms with van der Waals surface area (Å²) in [7, 11) is 0. The van der Waals surface area contributed by atoms with Crippen LogP contribution < -0.4 is 15.5 Å². The van der Waals surface area contributed by atoms with E-state index in [0.29, 0.717) is 39.3 Å². The van der Waals surface area contributed by atoms with Crippen LogP contribution in [-0.4, -0.2) is 62.2 Å². The van der Waals surface area contributed by atoms with Crippen LogP contribution in [-0.2, 0) is 13.1 Å². The molecule has 2 aliphatic heterocycles. The number of halogens is 4. The average molecular weight is 630 g/mol. The third-order valence-corrected chi connectivity index (χ3v) is 8.01. The number of fused-ring (bicyclic) bond motifs is 1. The number of hydrogen-bond donors (Lipinski definition) is 3. The highest BCUT2D eigenvalue weighted by Crippen LogP contribution is 2.28. The lowest BCUT2D eigenvalue weighted by Gasteiger charge is -2.33. The predicted octanol–water partition coefficient (Wildman–Crippen LogP) is 5.25. The molecule has 0 saturated carbocycles. The van der Waals surface area contributed by atoms with Gasteiger partial charge in [0.15, 0.2) is 5.13 Å². The Hall–Kier alpha value is -4.34. The molecule has 0 spiro atoms. The lowest BCUT2D eigenvalue weighted by Crippen LogP contribution is -2.44. The number of oxime groups is 1. The van der Waals surface area contributed by atoms with Gasteiger partial charge in [0.05, 0.1) is 11.9 Å². The summed E-state index contributed by atoms with van der Waals surface area (Å²) in [6.45, 7) is 3.80. The summed E-state index contributed by atoms with van der Waals surface area (Å²) in [6.07, 6.45) is 1.87. The van der Waals surface area contributed by atoms with Gasteiger partial charge in [0, 0.05) is 75.0 Å². The number of hydrogen-bond acceptors (Lipinski definition) is 10. The van der Waals surface area contributed by atoms with Crippen molar-refractivity contribution in [3.8, 4) is 0 Å². The van der Waals surface area contributed by atoms with Crippen molar-refractivity contribution in [2.24, 2.45) is 5.16 Å². The van der Waals surface area contributed by atoms with Gasteiger partial charge in [0.2, 0.25) is 0 Å². The summed E-state index contributed by atoms with van der Waals surface area (Å²) in [6, 6.07) is 12.3. The van der Waals surface area contributed by atoms with E-state index < -0.39 is 24.2 Å². The molecule has 15 heteroatoms. The highest BCUT2D eigenvalue weighted by Gasteiger charge is 2.24. The molecule has 0 aliphatic carbocycles. The summed E-state index contributed by atoms with van der Waals surface area (Å²) in [5, 5.41) is 25.6. The first-order valence-corrected chi connectivity index (χ1v) is 14.7. The number of pyridine rings is 1. The normalized spacial score (nSPS) is 17.3. The number of piperazine rings is 1. The van der Waals surface area contributed by atoms with E-state index in [9.17, 15) is 17.6 Å². The van der Waals surface area contributed by atoms with Gasteiger partial charge < -0.3 is 15.0 Å². The molecule has 0 amide bonds. The minimum absolute atomic E-state index is 0.147. The second-order valence-electron chi connectivity index (χ2n) is 9.87. The van der Waals surface area contributed by atoms with Crippen molar-refractivity contribution in [3.63, 3.8) is 0 Å². The standard InChI is InChI=1S/C24H26F4N8OS.C5H5N/c25-21(26)18-10-20(22(27)28)36(33-18)9-6-34-4-7-35(8-5-34)24-32-19(14-38-24)23-29-11-15-2-1-3-16(12-31-37)17(15)13-30-23;1-2-4-6-5-3-1/h1-3,6,9-10,12,14,21-23,29-30,37H,4-5,7-8,11,13H2;1-5H. The van der Waals surface area contributed by atoms with Gasteiger partial charge >= 0.3 is 0 Å². The number of aromatic nitrogens is 4. The van der Waals surface area contributed by atoms with Gasteiger partial charge in [0.25, 0.3) is 12.9 Å². The largest absolute Gasteiger partial charge is 0.411 e. The quantitative estimate of drug-likeness (QED) is 0.110. The SMILES string of the molecule is ON=Cc1cccc2c1CNC(c1csc(N3CCN(C=Cn4nc(C(F)F)cc4C(F)F)CC3)n1)NC2.c1ccncc1. The van der Waals surface area contributed by atoms with E-state index in [1.54, 1.807) is 29.9 Å². The Kier molecular flexibility index (Phi) is 10.5. The highest BCUT2D eigenvalue weighted by molar-refractivity contribution is 7.13. The number of benzene rings is 1. The van der Waals surface area contributed by atoms with Crippen LogP contribution in [0.2, 0.25) is 0 Å². The minimum atomic E-state index is -2.91. The molecule has 44 heavy (non-hydrogen) atoms. The van der Waals surface area contributed by atoms with E-state index in [1.807, 2.05) is 46.7 Å². The molecule has 1 aromatic carbocycles. The first-order valence-electron chi connectivity index (χ1n) is 13.8. The summed E-state index contributed by atoms with van der Waals surface area (Å²) in [5.74, 6) is 0. The summed E-state index contributed by atoms with van der Waals surface area (Å²) in [5.41, 5.74) is 2.70. The van der Waals surface area contributed by atoms with E-state index in [0.717, 1.165) is 38.3 Å². The van der Waals surface area contributed by atoms with Crippen LogP contribution >= 0.6 is 11.3 Å². The van der Waals surface area contributed by atoms with Gasteiger partial charge in [0.1, 0.15) is 17.6 Å². The lowest BCUT2D eigenvalue weighted by molar-refractivity contribution is 0.143. The van der Waals surface area contributed by atoms with Gasteiger partial charge in [-0.05, 0) is 29.3 Å². The Balaban J connectivity index is 0.000000573. The van der Waals surface area contributed by atoms with Crippen molar-refractivity contribution >= 4 is 28.9 Å². The van der Waals surface area contributed by atoms with Gasteiger partial charge in [-0.15, -0.1) is 11.3 Å². The number of rotatable bonds is 7. The number of nitrogens with one attached hydrogen (secondary N) is 2. The number of thiazole rings is 1. The van der Waals surface area contributed by atoms with Gasteiger partial charge in [-0.25, -0.2) is 27.2 Å². The molecule has 6 rings (SSSR count). The minimum Gasteiger partial charge on any atom is -0.411 e. The summed E-state index contributed by atoms with van der Waals surface area (Å²) >= 11 is 1.55. The topological polar surface area (TPSA) is 107 Å². The van der Waals surface area contributed by atoms with Crippen LogP contribution in [0.1, 0.15) is 52.8 Å². The zero-order chi connectivity index (χ0) is 30.9. The number of anilines is 1. The molecule has 3 N–H and O–H groups in total. The Morgan fingerprint density at radius 3 is 2.39 bits per heavy atom. The maximum Gasteiger partial charge on any atom is 0.282 e. The van der Waals surface area contributed by atoms with E-state index >= 15 is 0 Å². The fraction of sp³-hybridized carbons (Fsp3) is 0.310. The third kappa shape index (κ3) is 7.78. The second kappa shape index (κ2) is 14.9. The molecule has 232 valence electrons. The molecule has 4 aromatic rings. The Labute approximate surface area is 255 Å². The van der Waals surface area contributed by atoms with Crippen LogP contribution in [0.15, 0.2) is 71.6 Å². The van der Waals surface area contributed by atoms with Crippen molar-refractivity contribution < 1.29 is 22.8 Å². The zero-order valence-electron chi connectivity index (χ0n) is 23.5. The molecule has 1 fully saturated rings. The molecule has 0 radical (unpaired) electrons. The first-order chi connectivity index (χ1) is 21.4. The fourth-order valence-corrected chi connectivity index (χ4v) is 5.73. The van der Waals surface area contributed by atoms with E-state index in [4.69, 9.17) is 10.2 Å². The highest BCUT2D eigenvalue weighted by atomic mass is 32.1. The van der Waals surface area contributed by atoms with Crippen molar-refractivity contribution in [1.82, 2.24) is 35.3 Å². The molecule has 0 bridgehead atoms. The third-order valence-electron chi connectivity index (χ3n) is 7.09. The predicted molar refractivity (Wildman–Crippen MR) is 160 cm³/mol. The number of nitrogens with zero attached hydrogens (tertiary/aromatic N) is 7. The maximum absolute atomic E-state index is 13.2. The van der Waals surface area contributed by atoms with Crippen molar-refractivity contribution in [2.75, 3.05) is 31.1 Å². The first kappa shape index (κ1) is 31.1. The maximum atomic E-state index is 13.2. The summed E-state index contributed by atoms with van der Waals surface area (Å²) in [4.78, 5) is 12.7. The van der Waals surface area contributed by atoms with Crippen molar-refractivity contribution in [2.45, 2.75) is 32.1 Å². The molecule has 2 aliphatic rings. The van der Waals surface area contributed by atoms with Crippen LogP contribution in [0, 0.1) is 0 Å². The van der Waals surface area contributed by atoms with Crippen LogP contribution in [0.25, 0.3) is 6.20 Å². The van der Waals surface area contributed by atoms with Crippen molar-refractivity contribution in [3.05, 3.63) is 100 Å². The van der Waals surface area contributed by atoms with Crippen LogP contribution in [0.4, 0.5) is 22.7 Å². The lowest BCUT2D eigenvalue weighted by atomic mass is 10.0. The molecular formula is C29H31F4N9OS. The Morgan fingerprint density at radius 1 is 0.955 bits per heavy atom. The fourth-order valence-electron chi connectivity index (χ4n) is 4.82. The Bertz CT molecular complexity index is 1510. The van der Waals surface area contributed by atoms with Crippen LogP contribution in [0.5, 0.6) is 0 Å². The van der Waals surface area contributed by atoms with E-state index in [1.165, 1.54) is 12.4 Å². The van der Waals surface area contributed by atoms with Gasteiger partial charge in [-0.1, -0.05) is 29.4 Å². The summed E-state index contributed by atoms with van der Waals surface area (Å²) < 4.78 is 53.0. The smallest absolute Gasteiger partial charge is 0.282 e.